The molecule has 0 aromatic heterocycles. The van der Waals surface area contributed by atoms with Crippen LogP contribution < -0.4 is 5.32 Å². The SMILES string of the molecule is BrC(Br)CCCCNc1ccccc1. The summed E-state index contributed by atoms with van der Waals surface area (Å²) in [7, 11) is 0. The number of rotatable bonds is 6. The Hall–Kier alpha value is -0.0200. The lowest BCUT2D eigenvalue weighted by molar-refractivity contribution is 0.742. The second kappa shape index (κ2) is 7.30. The van der Waals surface area contributed by atoms with Gasteiger partial charge in [-0.1, -0.05) is 50.1 Å². The molecule has 1 aromatic carbocycles. The lowest BCUT2D eigenvalue weighted by atomic mass is 10.2. The predicted molar refractivity (Wildman–Crippen MR) is 70.4 cm³/mol. The van der Waals surface area contributed by atoms with Gasteiger partial charge in [0, 0.05) is 12.2 Å². The van der Waals surface area contributed by atoms with Crippen molar-refractivity contribution in [3.63, 3.8) is 0 Å². The molecule has 0 fully saturated rings. The van der Waals surface area contributed by atoms with Gasteiger partial charge in [-0.15, -0.1) is 0 Å². The Morgan fingerprint density at radius 2 is 1.79 bits per heavy atom. The van der Waals surface area contributed by atoms with Crippen molar-refractivity contribution in [2.45, 2.75) is 23.0 Å². The Bertz CT molecular complexity index is 236. The van der Waals surface area contributed by atoms with E-state index in [1.807, 2.05) is 6.07 Å². The second-order valence-corrected chi connectivity index (χ2v) is 6.62. The zero-order chi connectivity index (χ0) is 10.2. The normalized spacial score (nSPS) is 10.5. The smallest absolute Gasteiger partial charge is 0.0697 e. The first kappa shape index (κ1) is 12.1. The highest BCUT2D eigenvalue weighted by atomic mass is 79.9. The molecule has 1 nitrogen and oxygen atoms in total. The van der Waals surface area contributed by atoms with Crippen molar-refractivity contribution in [1.29, 1.82) is 0 Å². The molecule has 0 heterocycles. The Morgan fingerprint density at radius 3 is 2.43 bits per heavy atom. The van der Waals surface area contributed by atoms with Crippen molar-refractivity contribution in [3.8, 4) is 0 Å². The molecule has 1 rings (SSSR count). The van der Waals surface area contributed by atoms with Crippen LogP contribution in [0.4, 0.5) is 5.69 Å². The molecule has 78 valence electrons. The molecule has 0 spiro atoms. The van der Waals surface area contributed by atoms with Gasteiger partial charge < -0.3 is 5.32 Å². The molecule has 0 bridgehead atoms. The quantitative estimate of drug-likeness (QED) is 0.605. The number of alkyl halides is 2. The van der Waals surface area contributed by atoms with E-state index in [2.05, 4.69) is 61.4 Å². The molecule has 0 atom stereocenters. The largest absolute Gasteiger partial charge is 0.385 e. The predicted octanol–water partition coefficient (Wildman–Crippen LogP) is 4.38. The van der Waals surface area contributed by atoms with Gasteiger partial charge in [0.05, 0.1) is 3.74 Å². The van der Waals surface area contributed by atoms with E-state index in [1.54, 1.807) is 0 Å². The number of hydrogen-bond donors (Lipinski definition) is 1. The standard InChI is InChI=1S/C11H15Br2N/c12-11(13)8-4-5-9-14-10-6-2-1-3-7-10/h1-3,6-7,11,14H,4-5,8-9H2. The Kier molecular flexibility index (Phi) is 6.28. The summed E-state index contributed by atoms with van der Waals surface area (Å²) < 4.78 is 0.465. The van der Waals surface area contributed by atoms with Gasteiger partial charge in [0.1, 0.15) is 0 Å². The number of unbranched alkanes of at least 4 members (excludes halogenated alkanes) is 1. The summed E-state index contributed by atoms with van der Waals surface area (Å²) in [5.41, 5.74) is 1.21. The highest BCUT2D eigenvalue weighted by Crippen LogP contribution is 2.15. The van der Waals surface area contributed by atoms with Crippen LogP contribution in [0.2, 0.25) is 0 Å². The summed E-state index contributed by atoms with van der Waals surface area (Å²) >= 11 is 6.94. The third-order valence-electron chi connectivity index (χ3n) is 1.95. The minimum absolute atomic E-state index is 0.465. The number of nitrogens with one attached hydrogen (secondary N) is 1. The van der Waals surface area contributed by atoms with Crippen LogP contribution in [0.5, 0.6) is 0 Å². The van der Waals surface area contributed by atoms with Crippen molar-refractivity contribution >= 4 is 37.5 Å². The Balaban J connectivity index is 2.05. The number of halogens is 2. The van der Waals surface area contributed by atoms with Gasteiger partial charge in [0.2, 0.25) is 0 Å². The number of para-hydroxylation sites is 1. The van der Waals surface area contributed by atoms with Crippen LogP contribution in [0.25, 0.3) is 0 Å². The molecule has 0 saturated heterocycles. The van der Waals surface area contributed by atoms with Gasteiger partial charge in [-0.2, -0.15) is 0 Å². The van der Waals surface area contributed by atoms with Gasteiger partial charge in [-0.3, -0.25) is 0 Å². The minimum Gasteiger partial charge on any atom is -0.385 e. The molecule has 0 saturated carbocycles. The molecule has 3 heteroatoms. The summed E-state index contributed by atoms with van der Waals surface area (Å²) in [6.45, 7) is 1.05. The van der Waals surface area contributed by atoms with Crippen LogP contribution in [-0.4, -0.2) is 10.3 Å². The Morgan fingerprint density at radius 1 is 1.07 bits per heavy atom. The van der Waals surface area contributed by atoms with E-state index < -0.39 is 0 Å². The first-order valence-electron chi connectivity index (χ1n) is 4.86. The fourth-order valence-electron chi connectivity index (χ4n) is 1.21. The molecule has 14 heavy (non-hydrogen) atoms. The molecule has 0 radical (unpaired) electrons. The summed E-state index contributed by atoms with van der Waals surface area (Å²) in [4.78, 5) is 0. The second-order valence-electron chi connectivity index (χ2n) is 3.18. The molecular weight excluding hydrogens is 306 g/mol. The van der Waals surface area contributed by atoms with Crippen LogP contribution in [0.1, 0.15) is 19.3 Å². The molecular formula is C11H15Br2N. The number of hydrogen-bond acceptors (Lipinski definition) is 1. The molecule has 1 aromatic rings. The van der Waals surface area contributed by atoms with Crippen LogP contribution >= 0.6 is 31.9 Å². The first-order valence-corrected chi connectivity index (χ1v) is 6.69. The number of anilines is 1. The molecule has 1 N–H and O–H groups in total. The summed E-state index contributed by atoms with van der Waals surface area (Å²) in [6.07, 6.45) is 3.63. The van der Waals surface area contributed by atoms with E-state index in [0.717, 1.165) is 6.54 Å². The van der Waals surface area contributed by atoms with Gasteiger partial charge in [0.25, 0.3) is 0 Å². The van der Waals surface area contributed by atoms with Crippen molar-refractivity contribution in [2.24, 2.45) is 0 Å². The molecule has 0 aliphatic heterocycles. The maximum absolute atomic E-state index is 3.47. The summed E-state index contributed by atoms with van der Waals surface area (Å²) in [5.74, 6) is 0. The van der Waals surface area contributed by atoms with E-state index in [-0.39, 0.29) is 0 Å². The lowest BCUT2D eigenvalue weighted by Crippen LogP contribution is -2.01. The maximum atomic E-state index is 3.47. The van der Waals surface area contributed by atoms with Gasteiger partial charge in [-0.05, 0) is 31.4 Å². The molecule has 0 aliphatic carbocycles. The van der Waals surface area contributed by atoms with Gasteiger partial charge >= 0.3 is 0 Å². The van der Waals surface area contributed by atoms with E-state index in [0.29, 0.717) is 3.74 Å². The Labute approximate surface area is 103 Å². The van der Waals surface area contributed by atoms with Crippen LogP contribution in [-0.2, 0) is 0 Å². The zero-order valence-corrected chi connectivity index (χ0v) is 11.2. The van der Waals surface area contributed by atoms with Crippen LogP contribution in [0, 0.1) is 0 Å². The van der Waals surface area contributed by atoms with E-state index >= 15 is 0 Å². The maximum Gasteiger partial charge on any atom is 0.0697 e. The van der Waals surface area contributed by atoms with Crippen molar-refractivity contribution in [1.82, 2.24) is 0 Å². The monoisotopic (exact) mass is 319 g/mol. The average Bonchev–Trinajstić information content (AvgIpc) is 2.18. The minimum atomic E-state index is 0.465. The van der Waals surface area contributed by atoms with E-state index in [4.69, 9.17) is 0 Å². The van der Waals surface area contributed by atoms with Crippen LogP contribution in [0.15, 0.2) is 30.3 Å². The lowest BCUT2D eigenvalue weighted by Gasteiger charge is -2.05. The molecule has 0 amide bonds. The average molecular weight is 321 g/mol. The van der Waals surface area contributed by atoms with Crippen LogP contribution in [0.3, 0.4) is 0 Å². The van der Waals surface area contributed by atoms with Crippen molar-refractivity contribution < 1.29 is 0 Å². The molecule has 0 unspecified atom stereocenters. The zero-order valence-electron chi connectivity index (χ0n) is 8.05. The van der Waals surface area contributed by atoms with Gasteiger partial charge in [-0.25, -0.2) is 0 Å². The third kappa shape index (κ3) is 5.66. The van der Waals surface area contributed by atoms with E-state index in [1.165, 1.54) is 24.9 Å². The summed E-state index contributed by atoms with van der Waals surface area (Å²) in [6, 6.07) is 10.3. The highest BCUT2D eigenvalue weighted by molar-refractivity contribution is 9.24. The van der Waals surface area contributed by atoms with Gasteiger partial charge in [0.15, 0.2) is 0 Å². The first-order chi connectivity index (χ1) is 6.79. The topological polar surface area (TPSA) is 12.0 Å². The summed E-state index contributed by atoms with van der Waals surface area (Å²) in [5, 5.41) is 3.39. The molecule has 0 aliphatic rings. The van der Waals surface area contributed by atoms with Crippen molar-refractivity contribution in [2.75, 3.05) is 11.9 Å². The van der Waals surface area contributed by atoms with Crippen molar-refractivity contribution in [3.05, 3.63) is 30.3 Å². The number of benzene rings is 1. The fraction of sp³-hybridized carbons (Fsp3) is 0.455. The van der Waals surface area contributed by atoms with E-state index in [9.17, 15) is 0 Å². The third-order valence-corrected chi connectivity index (χ3v) is 2.87. The fourth-order valence-corrected chi connectivity index (χ4v) is 1.86. The highest BCUT2D eigenvalue weighted by Gasteiger charge is 1.96.